The van der Waals surface area contributed by atoms with Crippen LogP contribution in [0.25, 0.3) is 0 Å². The van der Waals surface area contributed by atoms with Gasteiger partial charge < -0.3 is 20.4 Å². The molecule has 0 saturated heterocycles. The molecule has 4 aromatic carbocycles. The van der Waals surface area contributed by atoms with E-state index in [2.05, 4.69) is 25.2 Å². The number of nitrogens with zero attached hydrogens (tertiary/aromatic N) is 1. The van der Waals surface area contributed by atoms with Crippen molar-refractivity contribution in [3.8, 4) is 0 Å². The average Bonchev–Trinajstić information content (AvgIpc) is 3.40. The van der Waals surface area contributed by atoms with Crippen LogP contribution in [0.4, 0.5) is 13.6 Å². The third kappa shape index (κ3) is 8.45. The van der Waals surface area contributed by atoms with Gasteiger partial charge in [-0.1, -0.05) is 91.4 Å². The highest BCUT2D eigenvalue weighted by Gasteiger charge is 2.57. The molecule has 7 rings (SSSR count). The Balaban J connectivity index is 1.41. The fourth-order valence-corrected chi connectivity index (χ4v) is 8.41. The molecule has 0 radical (unpaired) electrons. The summed E-state index contributed by atoms with van der Waals surface area (Å²) < 4.78 is 28.4. The lowest BCUT2D eigenvalue weighted by Gasteiger charge is -2.46. The number of hydrogen-bond donors (Lipinski definition) is 3. The third-order valence-electron chi connectivity index (χ3n) is 11.7. The van der Waals surface area contributed by atoms with Crippen molar-refractivity contribution in [2.24, 2.45) is 5.41 Å². The Bertz CT molecular complexity index is 1950. The molecule has 278 valence electrons. The number of urea groups is 1. The summed E-state index contributed by atoms with van der Waals surface area (Å²) in [5.41, 5.74) is 2.75. The first-order valence-corrected chi connectivity index (χ1v) is 18.7. The highest BCUT2D eigenvalue weighted by atomic mass is 19.2. The molecule has 3 aliphatic carbocycles. The second-order valence-corrected chi connectivity index (χ2v) is 15.3. The molecule has 6 nitrogen and oxygen atoms in total. The molecule has 8 heteroatoms. The number of nitrogens with one attached hydrogen (secondary N) is 1. The Morgan fingerprint density at radius 1 is 0.925 bits per heavy atom. The number of ketones is 1. The molecule has 0 heterocycles. The molecule has 0 aromatic heterocycles. The quantitative estimate of drug-likeness (QED) is 0.125. The first kappa shape index (κ1) is 38.1. The van der Waals surface area contributed by atoms with Crippen LogP contribution in [0.3, 0.4) is 0 Å². The molecule has 2 amide bonds. The number of rotatable bonds is 8. The van der Waals surface area contributed by atoms with E-state index in [1.807, 2.05) is 79.7 Å². The number of aliphatic hydroxyl groups is 2. The fourth-order valence-electron chi connectivity index (χ4n) is 8.41. The summed E-state index contributed by atoms with van der Waals surface area (Å²) in [6.45, 7) is 6.41. The van der Waals surface area contributed by atoms with Crippen LogP contribution >= 0.6 is 0 Å². The molecule has 3 N–H and O–H groups in total. The lowest BCUT2D eigenvalue weighted by atomic mass is 9.64. The molecule has 4 aromatic rings. The maximum atomic E-state index is 14.4. The summed E-state index contributed by atoms with van der Waals surface area (Å²) >= 11 is 0. The minimum atomic E-state index is -1.35. The number of allylic oxidation sites excluding steroid dienone is 2. The van der Waals surface area contributed by atoms with Gasteiger partial charge >= 0.3 is 6.03 Å². The number of carbonyl (C=O) groups is 2. The summed E-state index contributed by atoms with van der Waals surface area (Å²) in [6.07, 6.45) is 5.27. The van der Waals surface area contributed by atoms with Gasteiger partial charge in [-0.05, 0) is 111 Å². The van der Waals surface area contributed by atoms with Gasteiger partial charge in [-0.25, -0.2) is 13.6 Å². The predicted molar refractivity (Wildman–Crippen MR) is 203 cm³/mol. The SMILES string of the molecule is CC1=CCCC2(C)C(CCC2(O)CN(Cc2ccccc2)C(=O)NC(C)c2ccccc2)c2ccc(cc2C(=O)c2ccc(F)c(F)c2)CC(O)CC1. The Morgan fingerprint density at radius 3 is 2.36 bits per heavy atom. The van der Waals surface area contributed by atoms with Gasteiger partial charge in [0.25, 0.3) is 0 Å². The summed E-state index contributed by atoms with van der Waals surface area (Å²) in [5.74, 6) is -2.90. The van der Waals surface area contributed by atoms with E-state index in [9.17, 15) is 28.6 Å². The van der Waals surface area contributed by atoms with Crippen LogP contribution in [0.2, 0.25) is 0 Å². The molecular formula is C45H50F2N2O4. The van der Waals surface area contributed by atoms with Gasteiger partial charge in [0, 0.05) is 23.1 Å². The maximum absolute atomic E-state index is 14.4. The Hall–Kier alpha value is -4.66. The number of halogens is 2. The molecule has 53 heavy (non-hydrogen) atoms. The van der Waals surface area contributed by atoms with Crippen molar-refractivity contribution >= 4 is 11.8 Å². The zero-order chi connectivity index (χ0) is 37.8. The monoisotopic (exact) mass is 720 g/mol. The topological polar surface area (TPSA) is 89.9 Å². The molecular weight excluding hydrogens is 671 g/mol. The Morgan fingerprint density at radius 2 is 1.64 bits per heavy atom. The lowest BCUT2D eigenvalue weighted by molar-refractivity contribution is -0.0781. The highest BCUT2D eigenvalue weighted by Crippen LogP contribution is 2.59. The molecule has 5 atom stereocenters. The van der Waals surface area contributed by atoms with E-state index >= 15 is 0 Å². The maximum Gasteiger partial charge on any atom is 0.318 e. The van der Waals surface area contributed by atoms with E-state index in [0.717, 1.165) is 34.4 Å². The number of hydrogen-bond acceptors (Lipinski definition) is 4. The predicted octanol–water partition coefficient (Wildman–Crippen LogP) is 9.21. The second-order valence-electron chi connectivity index (χ2n) is 15.3. The third-order valence-corrected chi connectivity index (χ3v) is 11.7. The van der Waals surface area contributed by atoms with Crippen LogP contribution in [0.1, 0.15) is 109 Å². The van der Waals surface area contributed by atoms with E-state index in [4.69, 9.17) is 0 Å². The zero-order valence-corrected chi connectivity index (χ0v) is 30.8. The highest BCUT2D eigenvalue weighted by molar-refractivity contribution is 6.10. The molecule has 3 aliphatic rings. The standard InChI is InChI=1S/C45H50F2N2O4/c1-30-11-10-23-44(3)39(37-20-17-33(25-36(50)19-16-30)26-38(37)42(51)35-18-21-40(46)41(47)27-35)22-24-45(44,53)29-49(28-32-12-6-4-7-13-32)43(52)48-31(2)34-14-8-5-9-15-34/h4-9,11-15,17-18,20-21,26-27,31,36,39,50,53H,10,16,19,22-25,28-29H2,1-3H3,(H,48,52). The van der Waals surface area contributed by atoms with Gasteiger partial charge in [0.2, 0.25) is 0 Å². The molecule has 0 spiro atoms. The lowest BCUT2D eigenvalue weighted by Crippen LogP contribution is -2.55. The van der Waals surface area contributed by atoms with Crippen molar-refractivity contribution in [2.75, 3.05) is 6.54 Å². The minimum absolute atomic E-state index is 0.0238. The van der Waals surface area contributed by atoms with Crippen molar-refractivity contribution in [3.05, 3.63) is 154 Å². The average molecular weight is 721 g/mol. The van der Waals surface area contributed by atoms with Gasteiger partial charge in [-0.15, -0.1) is 0 Å². The van der Waals surface area contributed by atoms with E-state index in [1.165, 1.54) is 6.07 Å². The largest absolute Gasteiger partial charge is 0.393 e. The van der Waals surface area contributed by atoms with Gasteiger partial charge in [0.1, 0.15) is 0 Å². The van der Waals surface area contributed by atoms with Gasteiger partial charge in [-0.2, -0.15) is 0 Å². The van der Waals surface area contributed by atoms with Crippen molar-refractivity contribution in [1.82, 2.24) is 10.2 Å². The number of benzene rings is 4. The van der Waals surface area contributed by atoms with E-state index in [0.29, 0.717) is 56.1 Å². The van der Waals surface area contributed by atoms with Crippen LogP contribution in [0, 0.1) is 17.0 Å². The van der Waals surface area contributed by atoms with Crippen LogP contribution in [0.15, 0.2) is 109 Å². The Labute approximate surface area is 311 Å². The Kier molecular flexibility index (Phi) is 11.6. The summed E-state index contributed by atoms with van der Waals surface area (Å²) in [7, 11) is 0. The van der Waals surface area contributed by atoms with Crippen molar-refractivity contribution in [3.63, 3.8) is 0 Å². The number of amides is 2. The molecule has 1 saturated carbocycles. The van der Waals surface area contributed by atoms with Crippen molar-refractivity contribution < 1.29 is 28.6 Å². The second kappa shape index (κ2) is 16.1. The van der Waals surface area contributed by atoms with Crippen LogP contribution < -0.4 is 5.32 Å². The van der Waals surface area contributed by atoms with E-state index in [-0.39, 0.29) is 36.6 Å². The normalized spacial score (nSPS) is 23.7. The fraction of sp³-hybridized carbons (Fsp3) is 0.378. The summed E-state index contributed by atoms with van der Waals surface area (Å²) in [5, 5.41) is 27.1. The van der Waals surface area contributed by atoms with E-state index in [1.54, 1.807) is 11.0 Å². The van der Waals surface area contributed by atoms with Gasteiger partial charge in [0.05, 0.1) is 24.3 Å². The summed E-state index contributed by atoms with van der Waals surface area (Å²) in [4.78, 5) is 30.1. The van der Waals surface area contributed by atoms with Crippen LogP contribution in [-0.2, 0) is 13.0 Å². The van der Waals surface area contributed by atoms with Crippen molar-refractivity contribution in [2.45, 2.75) is 95.9 Å². The van der Waals surface area contributed by atoms with Crippen LogP contribution in [0.5, 0.6) is 0 Å². The van der Waals surface area contributed by atoms with E-state index < -0.39 is 34.5 Å². The molecule has 2 bridgehead atoms. The number of fused-ring (bicyclic) bond motifs is 8. The minimum Gasteiger partial charge on any atom is -0.393 e. The first-order valence-electron chi connectivity index (χ1n) is 18.7. The summed E-state index contributed by atoms with van der Waals surface area (Å²) in [6, 6.07) is 27.7. The molecule has 0 aliphatic heterocycles. The number of carbonyl (C=O) groups excluding carboxylic acids is 2. The smallest absolute Gasteiger partial charge is 0.318 e. The molecule has 5 unspecified atom stereocenters. The zero-order valence-electron chi connectivity index (χ0n) is 30.8. The van der Waals surface area contributed by atoms with Crippen LogP contribution in [-0.4, -0.2) is 45.2 Å². The first-order chi connectivity index (χ1) is 25.4. The van der Waals surface area contributed by atoms with Crippen molar-refractivity contribution in [1.29, 1.82) is 0 Å². The molecule has 1 fully saturated rings. The van der Waals surface area contributed by atoms with Gasteiger partial charge in [0.15, 0.2) is 17.4 Å². The van der Waals surface area contributed by atoms with Gasteiger partial charge in [-0.3, -0.25) is 4.79 Å². The number of aliphatic hydroxyl groups excluding tert-OH is 1.